The number of rotatable bonds is 4. The van der Waals surface area contributed by atoms with Gasteiger partial charge in [0.25, 0.3) is 0 Å². The molecule has 1 saturated heterocycles. The van der Waals surface area contributed by atoms with E-state index in [4.69, 9.17) is 4.74 Å². The van der Waals surface area contributed by atoms with Crippen molar-refractivity contribution in [2.75, 3.05) is 19.7 Å². The quantitative estimate of drug-likeness (QED) is 0.763. The monoisotopic (exact) mass is 226 g/mol. The van der Waals surface area contributed by atoms with E-state index in [-0.39, 0.29) is 0 Å². The Morgan fingerprint density at radius 2 is 2.00 bits per heavy atom. The molecule has 0 radical (unpaired) electrons. The molecule has 2 unspecified atom stereocenters. The number of piperidine rings is 1. The third-order valence-electron chi connectivity index (χ3n) is 4.32. The SMILES string of the molecule is CCOC1CC(NC2CCNCC2)C1(C)C. The third kappa shape index (κ3) is 2.41. The van der Waals surface area contributed by atoms with Crippen molar-refractivity contribution in [3.8, 4) is 0 Å². The number of ether oxygens (including phenoxy) is 1. The summed E-state index contributed by atoms with van der Waals surface area (Å²) in [5.41, 5.74) is 0.306. The molecular weight excluding hydrogens is 200 g/mol. The van der Waals surface area contributed by atoms with E-state index in [1.54, 1.807) is 0 Å². The van der Waals surface area contributed by atoms with Gasteiger partial charge < -0.3 is 15.4 Å². The van der Waals surface area contributed by atoms with E-state index in [0.717, 1.165) is 6.61 Å². The van der Waals surface area contributed by atoms with E-state index in [9.17, 15) is 0 Å². The highest BCUT2D eigenvalue weighted by atomic mass is 16.5. The molecule has 1 aliphatic carbocycles. The molecule has 16 heavy (non-hydrogen) atoms. The molecule has 94 valence electrons. The molecule has 0 spiro atoms. The second-order valence-corrected chi connectivity index (χ2v) is 5.74. The van der Waals surface area contributed by atoms with Gasteiger partial charge in [-0.05, 0) is 39.3 Å². The first-order valence-electron chi connectivity index (χ1n) is 6.73. The van der Waals surface area contributed by atoms with E-state index < -0.39 is 0 Å². The van der Waals surface area contributed by atoms with E-state index >= 15 is 0 Å². The van der Waals surface area contributed by atoms with Gasteiger partial charge in [-0.15, -0.1) is 0 Å². The van der Waals surface area contributed by atoms with Gasteiger partial charge >= 0.3 is 0 Å². The van der Waals surface area contributed by atoms with Crippen molar-refractivity contribution in [3.63, 3.8) is 0 Å². The average molecular weight is 226 g/mol. The van der Waals surface area contributed by atoms with Crippen molar-refractivity contribution in [1.82, 2.24) is 10.6 Å². The van der Waals surface area contributed by atoms with Gasteiger partial charge in [-0.1, -0.05) is 13.8 Å². The second-order valence-electron chi connectivity index (χ2n) is 5.74. The molecule has 0 aromatic rings. The van der Waals surface area contributed by atoms with Gasteiger partial charge in [0.2, 0.25) is 0 Å². The summed E-state index contributed by atoms with van der Waals surface area (Å²) in [4.78, 5) is 0. The van der Waals surface area contributed by atoms with Crippen molar-refractivity contribution in [1.29, 1.82) is 0 Å². The van der Waals surface area contributed by atoms with Crippen LogP contribution in [0.15, 0.2) is 0 Å². The smallest absolute Gasteiger partial charge is 0.0655 e. The Hall–Kier alpha value is -0.120. The highest BCUT2D eigenvalue weighted by Gasteiger charge is 2.49. The van der Waals surface area contributed by atoms with Gasteiger partial charge in [-0.25, -0.2) is 0 Å². The van der Waals surface area contributed by atoms with Crippen LogP contribution >= 0.6 is 0 Å². The first kappa shape index (κ1) is 12.3. The maximum atomic E-state index is 5.76. The van der Waals surface area contributed by atoms with E-state index in [0.29, 0.717) is 23.6 Å². The molecule has 2 N–H and O–H groups in total. The van der Waals surface area contributed by atoms with E-state index in [2.05, 4.69) is 31.4 Å². The summed E-state index contributed by atoms with van der Waals surface area (Å²) in [6.45, 7) is 9.92. The molecule has 2 rings (SSSR count). The van der Waals surface area contributed by atoms with Gasteiger partial charge in [0.05, 0.1) is 6.10 Å². The Morgan fingerprint density at radius 3 is 2.56 bits per heavy atom. The minimum atomic E-state index is 0.306. The lowest BCUT2D eigenvalue weighted by Gasteiger charge is -2.53. The zero-order valence-electron chi connectivity index (χ0n) is 10.9. The lowest BCUT2D eigenvalue weighted by molar-refractivity contribution is -0.117. The Bertz CT molecular complexity index is 224. The van der Waals surface area contributed by atoms with Gasteiger partial charge in [-0.2, -0.15) is 0 Å². The van der Waals surface area contributed by atoms with Gasteiger partial charge in [0, 0.05) is 24.1 Å². The Balaban J connectivity index is 1.79. The molecule has 3 heteroatoms. The molecule has 2 aliphatic rings. The molecule has 1 heterocycles. The van der Waals surface area contributed by atoms with Gasteiger partial charge in [-0.3, -0.25) is 0 Å². The van der Waals surface area contributed by atoms with Crippen LogP contribution in [0.2, 0.25) is 0 Å². The van der Waals surface area contributed by atoms with Crippen LogP contribution in [0.5, 0.6) is 0 Å². The van der Waals surface area contributed by atoms with Gasteiger partial charge in [0.1, 0.15) is 0 Å². The largest absolute Gasteiger partial charge is 0.378 e. The minimum Gasteiger partial charge on any atom is -0.378 e. The minimum absolute atomic E-state index is 0.306. The topological polar surface area (TPSA) is 33.3 Å². The molecule has 2 atom stereocenters. The summed E-state index contributed by atoms with van der Waals surface area (Å²) >= 11 is 0. The molecule has 0 aromatic carbocycles. The van der Waals surface area contributed by atoms with Crippen LogP contribution in [-0.2, 0) is 4.74 Å². The molecule has 0 aromatic heterocycles. The van der Waals surface area contributed by atoms with Crippen LogP contribution < -0.4 is 10.6 Å². The fourth-order valence-corrected chi connectivity index (χ4v) is 2.93. The Morgan fingerprint density at radius 1 is 1.31 bits per heavy atom. The molecule has 1 saturated carbocycles. The summed E-state index contributed by atoms with van der Waals surface area (Å²) in [6.07, 6.45) is 4.18. The van der Waals surface area contributed by atoms with Crippen LogP contribution in [0.4, 0.5) is 0 Å². The van der Waals surface area contributed by atoms with E-state index in [1.165, 1.54) is 32.4 Å². The molecule has 1 aliphatic heterocycles. The summed E-state index contributed by atoms with van der Waals surface area (Å²) in [7, 11) is 0. The zero-order valence-corrected chi connectivity index (χ0v) is 10.9. The highest BCUT2D eigenvalue weighted by molar-refractivity contribution is 5.03. The van der Waals surface area contributed by atoms with Crippen LogP contribution in [0.1, 0.15) is 40.0 Å². The summed E-state index contributed by atoms with van der Waals surface area (Å²) in [5.74, 6) is 0. The van der Waals surface area contributed by atoms with Crippen molar-refractivity contribution in [3.05, 3.63) is 0 Å². The number of nitrogens with one attached hydrogen (secondary N) is 2. The number of hydrogen-bond acceptors (Lipinski definition) is 3. The maximum absolute atomic E-state index is 5.76. The molecule has 0 amide bonds. The lowest BCUT2D eigenvalue weighted by atomic mass is 9.64. The van der Waals surface area contributed by atoms with Gasteiger partial charge in [0.15, 0.2) is 0 Å². The van der Waals surface area contributed by atoms with Crippen molar-refractivity contribution < 1.29 is 4.74 Å². The van der Waals surface area contributed by atoms with Crippen molar-refractivity contribution in [2.45, 2.75) is 58.2 Å². The molecule has 3 nitrogen and oxygen atoms in total. The van der Waals surface area contributed by atoms with Crippen LogP contribution in [0, 0.1) is 5.41 Å². The normalized spacial score (nSPS) is 34.7. The fraction of sp³-hybridized carbons (Fsp3) is 1.00. The van der Waals surface area contributed by atoms with E-state index in [1.807, 2.05) is 0 Å². The molecular formula is C13H26N2O. The summed E-state index contributed by atoms with van der Waals surface area (Å²) in [5, 5.41) is 7.22. The Labute approximate surface area is 99.3 Å². The first-order valence-corrected chi connectivity index (χ1v) is 6.73. The second kappa shape index (κ2) is 5.03. The van der Waals surface area contributed by atoms with Crippen LogP contribution in [0.3, 0.4) is 0 Å². The summed E-state index contributed by atoms with van der Waals surface area (Å²) < 4.78 is 5.76. The predicted molar refractivity (Wildman–Crippen MR) is 66.6 cm³/mol. The predicted octanol–water partition coefficient (Wildman–Crippen LogP) is 1.53. The maximum Gasteiger partial charge on any atom is 0.0655 e. The standard InChI is InChI=1S/C13H26N2O/c1-4-16-12-9-11(13(12,2)3)15-10-5-7-14-8-6-10/h10-12,14-15H,4-9H2,1-3H3. The number of hydrogen-bond donors (Lipinski definition) is 2. The zero-order chi connectivity index (χ0) is 11.6. The summed E-state index contributed by atoms with van der Waals surface area (Å²) in [6, 6.07) is 1.36. The lowest BCUT2D eigenvalue weighted by Crippen LogP contribution is -2.63. The molecule has 2 fully saturated rings. The third-order valence-corrected chi connectivity index (χ3v) is 4.32. The fourth-order valence-electron chi connectivity index (χ4n) is 2.93. The van der Waals surface area contributed by atoms with Crippen LogP contribution in [-0.4, -0.2) is 37.9 Å². The highest BCUT2D eigenvalue weighted by Crippen LogP contribution is 2.43. The van der Waals surface area contributed by atoms with Crippen molar-refractivity contribution in [2.24, 2.45) is 5.41 Å². The molecule has 0 bridgehead atoms. The van der Waals surface area contributed by atoms with Crippen LogP contribution in [0.25, 0.3) is 0 Å². The first-order chi connectivity index (χ1) is 7.64. The van der Waals surface area contributed by atoms with Crippen molar-refractivity contribution >= 4 is 0 Å². The Kier molecular flexibility index (Phi) is 3.88. The average Bonchev–Trinajstić information content (AvgIpc) is 2.29.